The molecule has 0 spiro atoms. The Balaban J connectivity index is 1.46. The number of para-hydroxylation sites is 1. The molecule has 3 aromatic rings. The van der Waals surface area contributed by atoms with Crippen LogP contribution in [-0.2, 0) is 25.7 Å². The molecule has 230 valence electrons. The minimum absolute atomic E-state index is 0.0130. The van der Waals surface area contributed by atoms with Crippen LogP contribution < -0.4 is 15.4 Å². The summed E-state index contributed by atoms with van der Waals surface area (Å²) in [5.41, 5.74) is 3.38. The molecule has 2 amide bonds. The van der Waals surface area contributed by atoms with Crippen LogP contribution in [-0.4, -0.2) is 42.4 Å². The molecule has 0 aliphatic carbocycles. The largest absolute Gasteiger partial charge is 0.496 e. The number of nitrogens with one attached hydrogen (secondary N) is 2. The predicted molar refractivity (Wildman–Crippen MR) is 169 cm³/mol. The SMILES string of the molecule is COc1ccccc1SCC1OC(c2cccc(NC(=O)CCCCCNC(C)=O)c2)OC(c2ccc(CO)cc2)C1C. The van der Waals surface area contributed by atoms with E-state index in [-0.39, 0.29) is 36.5 Å². The molecule has 0 bridgehead atoms. The van der Waals surface area contributed by atoms with E-state index in [0.29, 0.717) is 24.4 Å². The molecule has 0 aromatic heterocycles. The number of rotatable bonds is 14. The van der Waals surface area contributed by atoms with Gasteiger partial charge in [-0.25, -0.2) is 0 Å². The van der Waals surface area contributed by atoms with Crippen molar-refractivity contribution in [3.05, 3.63) is 89.5 Å². The molecule has 1 saturated heterocycles. The van der Waals surface area contributed by atoms with Crippen LogP contribution in [0.15, 0.2) is 77.7 Å². The van der Waals surface area contributed by atoms with Crippen molar-refractivity contribution >= 4 is 29.3 Å². The van der Waals surface area contributed by atoms with E-state index >= 15 is 0 Å². The summed E-state index contributed by atoms with van der Waals surface area (Å²) in [6.45, 7) is 4.26. The van der Waals surface area contributed by atoms with Crippen molar-refractivity contribution in [3.8, 4) is 5.75 Å². The van der Waals surface area contributed by atoms with Crippen LogP contribution in [0.2, 0.25) is 0 Å². The number of carbonyl (C=O) groups is 2. The van der Waals surface area contributed by atoms with Gasteiger partial charge in [-0.3, -0.25) is 9.59 Å². The van der Waals surface area contributed by atoms with Gasteiger partial charge in [-0.1, -0.05) is 61.9 Å². The molecule has 8 nitrogen and oxygen atoms in total. The van der Waals surface area contributed by atoms with Gasteiger partial charge in [0.25, 0.3) is 0 Å². The summed E-state index contributed by atoms with van der Waals surface area (Å²) in [6.07, 6.45) is 1.87. The van der Waals surface area contributed by atoms with E-state index in [0.717, 1.165) is 46.6 Å². The maximum Gasteiger partial charge on any atom is 0.224 e. The van der Waals surface area contributed by atoms with Gasteiger partial charge >= 0.3 is 0 Å². The van der Waals surface area contributed by atoms with Crippen molar-refractivity contribution in [2.75, 3.05) is 24.7 Å². The highest BCUT2D eigenvalue weighted by atomic mass is 32.2. The number of hydrogen-bond donors (Lipinski definition) is 3. The first-order valence-corrected chi connectivity index (χ1v) is 15.8. The van der Waals surface area contributed by atoms with Crippen LogP contribution in [0.1, 0.15) is 68.6 Å². The van der Waals surface area contributed by atoms with Crippen molar-refractivity contribution < 1.29 is 28.9 Å². The summed E-state index contributed by atoms with van der Waals surface area (Å²) in [6, 6.07) is 23.4. The summed E-state index contributed by atoms with van der Waals surface area (Å²) in [7, 11) is 1.68. The quantitative estimate of drug-likeness (QED) is 0.144. The number of hydrogen-bond acceptors (Lipinski definition) is 7. The lowest BCUT2D eigenvalue weighted by molar-refractivity contribution is -0.268. The van der Waals surface area contributed by atoms with Crippen LogP contribution >= 0.6 is 11.8 Å². The van der Waals surface area contributed by atoms with Crippen LogP contribution in [0.5, 0.6) is 5.75 Å². The lowest BCUT2D eigenvalue weighted by Crippen LogP contribution is -2.38. The van der Waals surface area contributed by atoms with E-state index in [1.807, 2.05) is 72.8 Å². The fourth-order valence-corrected chi connectivity index (χ4v) is 6.25. The second kappa shape index (κ2) is 16.5. The van der Waals surface area contributed by atoms with E-state index in [4.69, 9.17) is 14.2 Å². The lowest BCUT2D eigenvalue weighted by Gasteiger charge is -2.41. The number of ether oxygens (including phenoxy) is 3. The number of thioether (sulfide) groups is 1. The molecule has 3 N–H and O–H groups in total. The molecule has 1 heterocycles. The molecule has 3 aromatic carbocycles. The lowest BCUT2D eigenvalue weighted by atomic mass is 9.91. The number of methoxy groups -OCH3 is 1. The number of anilines is 1. The molecule has 4 rings (SSSR count). The van der Waals surface area contributed by atoms with Crippen molar-refractivity contribution in [2.24, 2.45) is 5.92 Å². The molecule has 4 atom stereocenters. The average Bonchev–Trinajstić information content (AvgIpc) is 3.02. The summed E-state index contributed by atoms with van der Waals surface area (Å²) in [4.78, 5) is 24.7. The first-order valence-electron chi connectivity index (χ1n) is 14.8. The van der Waals surface area contributed by atoms with Crippen LogP contribution in [0.25, 0.3) is 0 Å². The molecule has 0 radical (unpaired) electrons. The Morgan fingerprint density at radius 1 is 0.953 bits per heavy atom. The minimum atomic E-state index is -0.632. The smallest absolute Gasteiger partial charge is 0.224 e. The normalized spacial score (nSPS) is 19.9. The zero-order valence-corrected chi connectivity index (χ0v) is 25.9. The Hall–Kier alpha value is -3.37. The third-order valence-electron chi connectivity index (χ3n) is 7.49. The van der Waals surface area contributed by atoms with E-state index in [1.165, 1.54) is 6.92 Å². The molecule has 4 unspecified atom stereocenters. The van der Waals surface area contributed by atoms with Gasteiger partial charge in [0.2, 0.25) is 11.8 Å². The molecule has 1 aliphatic heterocycles. The number of benzene rings is 3. The van der Waals surface area contributed by atoms with E-state index in [1.54, 1.807) is 18.9 Å². The maximum absolute atomic E-state index is 12.6. The summed E-state index contributed by atoms with van der Waals surface area (Å²) in [5, 5.41) is 15.3. The van der Waals surface area contributed by atoms with Gasteiger partial charge in [-0.2, -0.15) is 0 Å². The summed E-state index contributed by atoms with van der Waals surface area (Å²) >= 11 is 1.69. The zero-order chi connectivity index (χ0) is 30.6. The molecule has 1 aliphatic rings. The molecule has 0 saturated carbocycles. The average molecular weight is 607 g/mol. The van der Waals surface area contributed by atoms with Gasteiger partial charge in [0.15, 0.2) is 6.29 Å². The van der Waals surface area contributed by atoms with Gasteiger partial charge in [0.05, 0.1) is 25.9 Å². The van der Waals surface area contributed by atoms with Crippen molar-refractivity contribution in [1.82, 2.24) is 5.32 Å². The molecular weight excluding hydrogens is 564 g/mol. The molecular formula is C34H42N2O6S. The minimum Gasteiger partial charge on any atom is -0.496 e. The van der Waals surface area contributed by atoms with E-state index in [2.05, 4.69) is 17.6 Å². The predicted octanol–water partition coefficient (Wildman–Crippen LogP) is 6.41. The Bertz CT molecular complexity index is 1330. The topological polar surface area (TPSA) is 106 Å². The zero-order valence-electron chi connectivity index (χ0n) is 25.1. The van der Waals surface area contributed by atoms with E-state index in [9.17, 15) is 14.7 Å². The summed E-state index contributed by atoms with van der Waals surface area (Å²) < 4.78 is 18.7. The number of amides is 2. The molecule has 9 heteroatoms. The Morgan fingerprint density at radius 3 is 2.49 bits per heavy atom. The molecule has 1 fully saturated rings. The van der Waals surface area contributed by atoms with Gasteiger partial charge in [0, 0.05) is 47.7 Å². The number of aliphatic hydroxyl groups excluding tert-OH is 1. The highest BCUT2D eigenvalue weighted by Crippen LogP contribution is 2.44. The van der Waals surface area contributed by atoms with Crippen LogP contribution in [0, 0.1) is 5.92 Å². The van der Waals surface area contributed by atoms with Gasteiger partial charge < -0.3 is 30.0 Å². The van der Waals surface area contributed by atoms with Crippen LogP contribution in [0.4, 0.5) is 5.69 Å². The van der Waals surface area contributed by atoms with Crippen molar-refractivity contribution in [3.63, 3.8) is 0 Å². The second-order valence-electron chi connectivity index (χ2n) is 10.8. The number of aliphatic hydroxyl groups is 1. The van der Waals surface area contributed by atoms with Crippen molar-refractivity contribution in [1.29, 1.82) is 0 Å². The van der Waals surface area contributed by atoms with Crippen LogP contribution in [0.3, 0.4) is 0 Å². The highest BCUT2D eigenvalue weighted by molar-refractivity contribution is 7.99. The van der Waals surface area contributed by atoms with E-state index < -0.39 is 6.29 Å². The third-order valence-corrected chi connectivity index (χ3v) is 8.64. The first-order chi connectivity index (χ1) is 20.9. The second-order valence-corrected chi connectivity index (χ2v) is 11.8. The third kappa shape index (κ3) is 9.56. The van der Waals surface area contributed by atoms with Gasteiger partial charge in [0.1, 0.15) is 5.75 Å². The highest BCUT2D eigenvalue weighted by Gasteiger charge is 2.38. The first kappa shape index (κ1) is 32.5. The number of carbonyl (C=O) groups excluding carboxylic acids is 2. The van der Waals surface area contributed by atoms with Gasteiger partial charge in [-0.05, 0) is 48.2 Å². The standard InChI is InChI=1S/C34H42N2O6S/c1-23-30(22-43-31-13-7-6-12-29(31)40-3)41-34(42-33(23)26-17-15-25(21-37)16-18-26)27-10-9-11-28(20-27)36-32(39)14-5-4-8-19-35-24(2)38/h6-7,9-13,15-18,20,23,30,33-34,37H,4-5,8,14,19,21-22H2,1-3H3,(H,35,38)(H,36,39). The Kier molecular flexibility index (Phi) is 12.5. The number of unbranched alkanes of at least 4 members (excludes halogenated alkanes) is 2. The molecule has 43 heavy (non-hydrogen) atoms. The maximum atomic E-state index is 12.6. The fourth-order valence-electron chi connectivity index (χ4n) is 5.06. The Labute approximate surface area is 258 Å². The summed E-state index contributed by atoms with van der Waals surface area (Å²) in [5.74, 6) is 1.49. The fraction of sp³-hybridized carbons (Fsp3) is 0.412. The monoisotopic (exact) mass is 606 g/mol. The Morgan fingerprint density at radius 2 is 1.74 bits per heavy atom. The van der Waals surface area contributed by atoms with Crippen molar-refractivity contribution in [2.45, 2.75) is 69.5 Å². The van der Waals surface area contributed by atoms with Gasteiger partial charge in [-0.15, -0.1) is 11.8 Å².